The zero-order valence-electron chi connectivity index (χ0n) is 3.01. The van der Waals surface area contributed by atoms with Crippen molar-refractivity contribution in [2.45, 2.75) is 0 Å². The van der Waals surface area contributed by atoms with Crippen molar-refractivity contribution in [1.82, 2.24) is 0 Å². The fourth-order valence-electron chi connectivity index (χ4n) is 0.0434. The van der Waals surface area contributed by atoms with Crippen molar-refractivity contribution in [3.63, 3.8) is 0 Å². The number of rotatable bonds is 2. The summed E-state index contributed by atoms with van der Waals surface area (Å²) in [5.74, 6) is 0. The van der Waals surface area contributed by atoms with Gasteiger partial charge in [0.25, 0.3) is 0 Å². The Morgan fingerprint density at radius 1 is 1.57 bits per heavy atom. The maximum absolute atomic E-state index is 9.52. The Kier molecular flexibility index (Phi) is 2.82. The van der Waals surface area contributed by atoms with Gasteiger partial charge in [-0.25, -0.2) is 4.57 Å². The van der Waals surface area contributed by atoms with Crippen molar-refractivity contribution in [2.75, 3.05) is 0 Å². The lowest BCUT2D eigenvalue weighted by molar-refractivity contribution is 0.292. The van der Waals surface area contributed by atoms with Crippen molar-refractivity contribution in [1.29, 1.82) is 0 Å². The summed E-state index contributed by atoms with van der Waals surface area (Å²) in [4.78, 5) is 15.5. The van der Waals surface area contributed by atoms with Crippen molar-refractivity contribution >= 4 is 20.1 Å². The summed E-state index contributed by atoms with van der Waals surface area (Å²) < 4.78 is 20.5. The third-order valence-electron chi connectivity index (χ3n) is 0.130. The molecule has 0 aliphatic rings. The average molecular weight is 146 g/mol. The molecule has 0 aromatic heterocycles. The Hall–Kier alpha value is 0.420. The van der Waals surface area contributed by atoms with E-state index in [0.29, 0.717) is 0 Å². The Bertz CT molecular complexity index is 82.1. The van der Waals surface area contributed by atoms with Crippen LogP contribution in [0, 0.1) is 0 Å². The van der Waals surface area contributed by atoms with E-state index in [-0.39, 0.29) is 12.3 Å². The molecule has 0 radical (unpaired) electrons. The van der Waals surface area contributed by atoms with E-state index in [1.165, 1.54) is 0 Å². The van der Waals surface area contributed by atoms with Gasteiger partial charge in [-0.1, -0.05) is 0 Å². The molecule has 0 heterocycles. The minimum Gasteiger partial charge on any atom is -0.307 e. The lowest BCUT2D eigenvalue weighted by atomic mass is 15.7. The Labute approximate surface area is 44.0 Å². The highest BCUT2D eigenvalue weighted by Gasteiger charge is 2.12. The molecule has 0 bridgehead atoms. The molecule has 0 atom stereocenters. The summed E-state index contributed by atoms with van der Waals surface area (Å²) in [6.07, 6.45) is 0. The molecular weight excluding hydrogens is 143 g/mol. The van der Waals surface area contributed by atoms with Crippen molar-refractivity contribution in [3.05, 3.63) is 0 Å². The first-order valence-electron chi connectivity index (χ1n) is 1.11. The summed E-state index contributed by atoms with van der Waals surface area (Å²) in [6.45, 7) is 0. The van der Waals surface area contributed by atoms with Crippen LogP contribution in [-0.2, 0) is 8.54 Å². The van der Waals surface area contributed by atoms with E-state index in [0.717, 1.165) is 0 Å². The molecule has 44 valence electrons. The minimum atomic E-state index is -4.45. The fraction of sp³-hybridized carbons (Fsp3) is 0. The maximum atomic E-state index is 9.52. The number of hydrogen-bond donors (Lipinski definition) is 3. The quantitative estimate of drug-likeness (QED) is 0.381. The van der Waals surface area contributed by atoms with E-state index in [1.807, 2.05) is 0 Å². The van der Waals surface area contributed by atoms with Crippen LogP contribution < -0.4 is 0 Å². The van der Waals surface area contributed by atoms with Gasteiger partial charge < -0.3 is 14.3 Å². The Morgan fingerprint density at radius 2 is 2.00 bits per heavy atom. The van der Waals surface area contributed by atoms with E-state index in [9.17, 15) is 4.57 Å². The zero-order chi connectivity index (χ0) is 5.91. The molecule has 0 fully saturated rings. The highest BCUT2D eigenvalue weighted by atomic mass is 32.2. The van der Waals surface area contributed by atoms with Gasteiger partial charge in [0.2, 0.25) is 0 Å². The molecule has 0 saturated heterocycles. The normalized spacial score (nSPS) is 11.9. The van der Waals surface area contributed by atoms with Crippen LogP contribution in [0.15, 0.2) is 0 Å². The molecular formula is H3O5PS. The van der Waals surface area contributed by atoms with Crippen LogP contribution in [0.25, 0.3) is 0 Å². The minimum absolute atomic E-state index is 0.355. The van der Waals surface area contributed by atoms with Crippen LogP contribution in [0.1, 0.15) is 0 Å². The SMILES string of the molecule is O=P(O)(O)OSO. The van der Waals surface area contributed by atoms with Gasteiger partial charge in [0, 0.05) is 0 Å². The molecule has 3 N–H and O–H groups in total. The van der Waals surface area contributed by atoms with Gasteiger partial charge in [0.15, 0.2) is 12.3 Å². The van der Waals surface area contributed by atoms with Crippen LogP contribution in [0.4, 0.5) is 0 Å². The maximum Gasteiger partial charge on any atom is 0.482 e. The number of hydrogen-bond acceptors (Lipinski definition) is 4. The second-order valence-corrected chi connectivity index (χ2v) is 2.37. The molecule has 7 heavy (non-hydrogen) atoms. The summed E-state index contributed by atoms with van der Waals surface area (Å²) in [5, 5.41) is 0. The molecule has 0 aliphatic carbocycles. The molecule has 0 saturated carbocycles. The molecule has 5 nitrogen and oxygen atoms in total. The molecule has 0 aromatic rings. The summed E-state index contributed by atoms with van der Waals surface area (Å²) >= 11 is -0.355. The van der Waals surface area contributed by atoms with Crippen LogP contribution in [0.2, 0.25) is 0 Å². The van der Waals surface area contributed by atoms with Crippen molar-refractivity contribution < 1.29 is 22.9 Å². The lowest BCUT2D eigenvalue weighted by Crippen LogP contribution is -1.74. The van der Waals surface area contributed by atoms with Gasteiger partial charge in [-0.3, -0.25) is 0 Å². The molecule has 0 amide bonds. The van der Waals surface area contributed by atoms with Gasteiger partial charge in [0.1, 0.15) is 0 Å². The van der Waals surface area contributed by atoms with E-state index in [4.69, 9.17) is 14.3 Å². The molecule has 0 aromatic carbocycles. The number of phosphoric acid groups is 1. The second kappa shape index (κ2) is 2.66. The van der Waals surface area contributed by atoms with Crippen molar-refractivity contribution in [3.8, 4) is 0 Å². The van der Waals surface area contributed by atoms with Gasteiger partial charge in [0.05, 0.1) is 0 Å². The van der Waals surface area contributed by atoms with Gasteiger partial charge >= 0.3 is 7.82 Å². The first kappa shape index (κ1) is 7.42. The Morgan fingerprint density at radius 3 is 2.00 bits per heavy atom. The molecule has 0 aliphatic heterocycles. The standard InChI is InChI=1S/H3O5PS/c1-6(2,3)5-7-4/h4H,(H2,1,2,3). The molecule has 7 heteroatoms. The predicted octanol–water partition coefficient (Wildman–Crippen LogP) is 0.217. The summed E-state index contributed by atoms with van der Waals surface area (Å²) in [5.41, 5.74) is 0. The third-order valence-corrected chi connectivity index (χ3v) is 1.17. The van der Waals surface area contributed by atoms with Crippen molar-refractivity contribution in [2.24, 2.45) is 0 Å². The lowest BCUT2D eigenvalue weighted by Gasteiger charge is -1.94. The smallest absolute Gasteiger partial charge is 0.307 e. The average Bonchev–Trinajstić information content (AvgIpc) is 1.30. The van der Waals surface area contributed by atoms with Crippen LogP contribution in [-0.4, -0.2) is 14.3 Å². The van der Waals surface area contributed by atoms with E-state index >= 15 is 0 Å². The highest BCUT2D eigenvalue weighted by molar-refractivity contribution is 7.92. The first-order chi connectivity index (χ1) is 3.06. The summed E-state index contributed by atoms with van der Waals surface area (Å²) in [6, 6.07) is 0. The van der Waals surface area contributed by atoms with Crippen LogP contribution in [0.3, 0.4) is 0 Å². The zero-order valence-corrected chi connectivity index (χ0v) is 4.72. The molecule has 0 spiro atoms. The van der Waals surface area contributed by atoms with E-state index in [2.05, 4.69) is 3.97 Å². The van der Waals surface area contributed by atoms with Gasteiger partial charge in [-0.15, -0.1) is 0 Å². The van der Waals surface area contributed by atoms with E-state index in [1.54, 1.807) is 0 Å². The topological polar surface area (TPSA) is 87.0 Å². The predicted molar refractivity (Wildman–Crippen MR) is 23.3 cm³/mol. The Balaban J connectivity index is 3.36. The fourth-order valence-corrected chi connectivity index (χ4v) is 0.391. The first-order valence-corrected chi connectivity index (χ1v) is 3.34. The largest absolute Gasteiger partial charge is 0.482 e. The van der Waals surface area contributed by atoms with Crippen LogP contribution >= 0.6 is 20.1 Å². The highest BCUT2D eigenvalue weighted by Crippen LogP contribution is 2.39. The third kappa shape index (κ3) is 6.42. The van der Waals surface area contributed by atoms with Gasteiger partial charge in [-0.05, 0) is 0 Å². The second-order valence-electron chi connectivity index (χ2n) is 0.640. The molecule has 0 unspecified atom stereocenters. The monoisotopic (exact) mass is 146 g/mol. The summed E-state index contributed by atoms with van der Waals surface area (Å²) in [7, 11) is -4.45. The van der Waals surface area contributed by atoms with E-state index < -0.39 is 7.82 Å². The van der Waals surface area contributed by atoms with Crippen LogP contribution in [0.5, 0.6) is 0 Å². The van der Waals surface area contributed by atoms with Gasteiger partial charge in [-0.2, -0.15) is 3.97 Å². The molecule has 0 rings (SSSR count).